The number of methoxy groups -OCH3 is 1. The number of carbonyl (C=O) groups excluding carboxylic acids is 2. The maximum absolute atomic E-state index is 13.0. The van der Waals surface area contributed by atoms with Crippen molar-refractivity contribution in [3.05, 3.63) is 71.8 Å². The van der Waals surface area contributed by atoms with Crippen molar-refractivity contribution < 1.29 is 19.4 Å². The van der Waals surface area contributed by atoms with Crippen molar-refractivity contribution in [2.75, 3.05) is 18.6 Å². The van der Waals surface area contributed by atoms with Crippen LogP contribution in [-0.2, 0) is 10.4 Å². The molecular formula is C21H21NO4. The molecule has 0 aliphatic carbocycles. The Morgan fingerprint density at radius 3 is 2.54 bits per heavy atom. The number of ether oxygens (including phenoxy) is 1. The third-order valence-corrected chi connectivity index (χ3v) is 4.49. The van der Waals surface area contributed by atoms with E-state index in [-0.39, 0.29) is 12.2 Å². The molecule has 0 radical (unpaired) electrons. The fourth-order valence-electron chi connectivity index (χ4n) is 3.31. The lowest BCUT2D eigenvalue weighted by atomic mass is 9.88. The van der Waals surface area contributed by atoms with Gasteiger partial charge in [-0.1, -0.05) is 42.5 Å². The monoisotopic (exact) mass is 351 g/mol. The SMILES string of the molecule is C=C(C)CN1C(=O)C(O)(CC(=O)c2ccccc2OC)c2ccccc21. The first-order chi connectivity index (χ1) is 12.4. The van der Waals surface area contributed by atoms with E-state index < -0.39 is 11.5 Å². The number of anilines is 1. The van der Waals surface area contributed by atoms with E-state index in [1.807, 2.05) is 6.92 Å². The van der Waals surface area contributed by atoms with Gasteiger partial charge in [-0.2, -0.15) is 0 Å². The van der Waals surface area contributed by atoms with Crippen molar-refractivity contribution in [1.29, 1.82) is 0 Å². The number of para-hydroxylation sites is 2. The van der Waals surface area contributed by atoms with Gasteiger partial charge in [0, 0.05) is 12.1 Å². The van der Waals surface area contributed by atoms with E-state index in [1.54, 1.807) is 48.5 Å². The molecule has 5 nitrogen and oxygen atoms in total. The lowest BCUT2D eigenvalue weighted by Gasteiger charge is -2.23. The van der Waals surface area contributed by atoms with Crippen molar-refractivity contribution in [2.45, 2.75) is 18.9 Å². The zero-order chi connectivity index (χ0) is 18.9. The van der Waals surface area contributed by atoms with Gasteiger partial charge in [0.1, 0.15) is 5.75 Å². The third kappa shape index (κ3) is 2.91. The molecule has 0 saturated heterocycles. The van der Waals surface area contributed by atoms with Gasteiger partial charge in [-0.15, -0.1) is 0 Å². The predicted octanol–water partition coefficient (Wildman–Crippen LogP) is 3.08. The van der Waals surface area contributed by atoms with E-state index in [1.165, 1.54) is 12.0 Å². The quantitative estimate of drug-likeness (QED) is 0.642. The Hall–Kier alpha value is -2.92. The molecule has 1 aliphatic heterocycles. The number of carbonyl (C=O) groups is 2. The van der Waals surface area contributed by atoms with Gasteiger partial charge in [-0.3, -0.25) is 9.59 Å². The normalized spacial score (nSPS) is 18.6. The molecule has 0 bridgehead atoms. The van der Waals surface area contributed by atoms with Crippen molar-refractivity contribution >= 4 is 17.4 Å². The van der Waals surface area contributed by atoms with Crippen molar-refractivity contribution in [2.24, 2.45) is 0 Å². The van der Waals surface area contributed by atoms with E-state index >= 15 is 0 Å². The minimum absolute atomic E-state index is 0.293. The van der Waals surface area contributed by atoms with Crippen LogP contribution in [0.3, 0.4) is 0 Å². The smallest absolute Gasteiger partial charge is 0.264 e. The Bertz CT molecular complexity index is 889. The predicted molar refractivity (Wildman–Crippen MR) is 99.4 cm³/mol. The molecule has 0 spiro atoms. The van der Waals surface area contributed by atoms with Crippen LogP contribution in [-0.4, -0.2) is 30.5 Å². The molecule has 1 heterocycles. The maximum atomic E-state index is 13.0. The molecule has 1 aliphatic rings. The minimum atomic E-state index is -1.90. The van der Waals surface area contributed by atoms with Gasteiger partial charge >= 0.3 is 0 Å². The molecule has 0 saturated carbocycles. The maximum Gasteiger partial charge on any atom is 0.264 e. The highest BCUT2D eigenvalue weighted by Gasteiger charge is 2.50. The molecule has 0 aromatic heterocycles. The molecule has 2 aromatic carbocycles. The number of amides is 1. The molecule has 2 aromatic rings. The number of Topliss-reactive ketones (excluding diaryl/α,β-unsaturated/α-hetero) is 1. The van der Waals surface area contributed by atoms with Crippen LogP contribution in [0.15, 0.2) is 60.7 Å². The number of hydrogen-bond acceptors (Lipinski definition) is 4. The topological polar surface area (TPSA) is 66.8 Å². The summed E-state index contributed by atoms with van der Waals surface area (Å²) in [4.78, 5) is 27.3. The van der Waals surface area contributed by atoms with Crippen molar-refractivity contribution in [3.63, 3.8) is 0 Å². The van der Waals surface area contributed by atoms with Crippen LogP contribution < -0.4 is 9.64 Å². The molecule has 1 atom stereocenters. The zero-order valence-corrected chi connectivity index (χ0v) is 14.9. The summed E-state index contributed by atoms with van der Waals surface area (Å²) in [5.41, 5.74) is 0.273. The second kappa shape index (κ2) is 6.77. The summed E-state index contributed by atoms with van der Waals surface area (Å²) in [5, 5.41) is 11.2. The number of hydrogen-bond donors (Lipinski definition) is 1. The summed E-state index contributed by atoms with van der Waals surface area (Å²) < 4.78 is 5.22. The number of nitrogens with zero attached hydrogens (tertiary/aromatic N) is 1. The first-order valence-electron chi connectivity index (χ1n) is 8.33. The van der Waals surface area contributed by atoms with Crippen LogP contribution >= 0.6 is 0 Å². The van der Waals surface area contributed by atoms with Gasteiger partial charge in [0.2, 0.25) is 0 Å². The summed E-state index contributed by atoms with van der Waals surface area (Å²) in [6.45, 7) is 5.95. The fraction of sp³-hybridized carbons (Fsp3) is 0.238. The first-order valence-corrected chi connectivity index (χ1v) is 8.33. The summed E-state index contributed by atoms with van der Waals surface area (Å²) in [7, 11) is 1.48. The second-order valence-corrected chi connectivity index (χ2v) is 6.53. The average Bonchev–Trinajstić information content (AvgIpc) is 2.83. The van der Waals surface area contributed by atoms with Gasteiger partial charge in [0.15, 0.2) is 11.4 Å². The van der Waals surface area contributed by atoms with Crippen LogP contribution in [0.4, 0.5) is 5.69 Å². The fourth-order valence-corrected chi connectivity index (χ4v) is 3.31. The number of fused-ring (bicyclic) bond motifs is 1. The van der Waals surface area contributed by atoms with Crippen LogP contribution in [0.1, 0.15) is 29.3 Å². The van der Waals surface area contributed by atoms with Crippen LogP contribution in [0.5, 0.6) is 5.75 Å². The summed E-state index contributed by atoms with van der Waals surface area (Å²) in [6, 6.07) is 13.8. The number of benzene rings is 2. The summed E-state index contributed by atoms with van der Waals surface area (Å²) in [5.74, 6) is -0.450. The summed E-state index contributed by atoms with van der Waals surface area (Å²) >= 11 is 0. The Balaban J connectivity index is 2.00. The van der Waals surface area contributed by atoms with E-state index in [2.05, 4.69) is 6.58 Å². The lowest BCUT2D eigenvalue weighted by Crippen LogP contribution is -2.42. The third-order valence-electron chi connectivity index (χ3n) is 4.49. The standard InChI is InChI=1S/C21H21NO4/c1-14(2)13-22-17-10-6-5-9-16(17)21(25,20(22)24)12-18(23)15-8-4-7-11-19(15)26-3/h4-11,25H,1,12-13H2,2-3H3. The molecule has 26 heavy (non-hydrogen) atoms. The molecule has 1 amide bonds. The van der Waals surface area contributed by atoms with Crippen LogP contribution in [0, 0.1) is 0 Å². The number of rotatable bonds is 6. The molecule has 134 valence electrons. The molecule has 5 heteroatoms. The van der Waals surface area contributed by atoms with Crippen LogP contribution in [0.25, 0.3) is 0 Å². The molecule has 1 N–H and O–H groups in total. The summed E-state index contributed by atoms with van der Waals surface area (Å²) in [6.07, 6.45) is -0.351. The molecule has 0 fully saturated rings. The first kappa shape index (κ1) is 17.9. The highest BCUT2D eigenvalue weighted by Crippen LogP contribution is 2.43. The Morgan fingerprint density at radius 2 is 1.85 bits per heavy atom. The molecule has 1 unspecified atom stereocenters. The number of aliphatic hydroxyl groups is 1. The van der Waals surface area contributed by atoms with Gasteiger partial charge in [-0.25, -0.2) is 0 Å². The van der Waals surface area contributed by atoms with E-state index in [0.29, 0.717) is 29.1 Å². The zero-order valence-electron chi connectivity index (χ0n) is 14.9. The Kier molecular flexibility index (Phi) is 4.66. The van der Waals surface area contributed by atoms with Gasteiger partial charge in [0.25, 0.3) is 5.91 Å². The van der Waals surface area contributed by atoms with E-state index in [9.17, 15) is 14.7 Å². The van der Waals surface area contributed by atoms with Crippen LogP contribution in [0.2, 0.25) is 0 Å². The molecule has 3 rings (SSSR count). The minimum Gasteiger partial charge on any atom is -0.496 e. The van der Waals surface area contributed by atoms with Crippen molar-refractivity contribution in [1.82, 2.24) is 0 Å². The Morgan fingerprint density at radius 1 is 1.19 bits per heavy atom. The van der Waals surface area contributed by atoms with E-state index in [4.69, 9.17) is 4.74 Å². The van der Waals surface area contributed by atoms with Gasteiger partial charge < -0.3 is 14.7 Å². The van der Waals surface area contributed by atoms with E-state index in [0.717, 1.165) is 5.57 Å². The molecular weight excluding hydrogens is 330 g/mol. The number of ketones is 1. The highest BCUT2D eigenvalue weighted by atomic mass is 16.5. The van der Waals surface area contributed by atoms with Gasteiger partial charge in [0.05, 0.1) is 24.8 Å². The van der Waals surface area contributed by atoms with Crippen molar-refractivity contribution in [3.8, 4) is 5.75 Å². The van der Waals surface area contributed by atoms with Gasteiger partial charge in [-0.05, 0) is 25.1 Å². The Labute approximate surface area is 152 Å². The highest BCUT2D eigenvalue weighted by molar-refractivity contribution is 6.11. The second-order valence-electron chi connectivity index (χ2n) is 6.53. The largest absolute Gasteiger partial charge is 0.496 e. The lowest BCUT2D eigenvalue weighted by molar-refractivity contribution is -0.135. The average molecular weight is 351 g/mol.